The second-order valence-electron chi connectivity index (χ2n) is 7.04. The van der Waals surface area contributed by atoms with Crippen molar-refractivity contribution >= 4 is 11.8 Å². The zero-order chi connectivity index (χ0) is 20.7. The third-order valence-electron chi connectivity index (χ3n) is 4.94. The molecule has 0 aliphatic carbocycles. The van der Waals surface area contributed by atoms with E-state index in [1.54, 1.807) is 11.9 Å². The molecule has 0 bridgehead atoms. The number of likely N-dealkylation sites (N-methyl/N-ethyl adjacent to an activating group) is 1. The summed E-state index contributed by atoms with van der Waals surface area (Å²) in [5, 5.41) is 2.66. The van der Waals surface area contributed by atoms with Crippen molar-refractivity contribution in [3.05, 3.63) is 64.7 Å². The highest BCUT2D eigenvalue weighted by atomic mass is 16.5. The smallest absolute Gasteiger partial charge is 0.261 e. The first-order chi connectivity index (χ1) is 13.4. The van der Waals surface area contributed by atoms with Crippen LogP contribution < -0.4 is 10.1 Å². The van der Waals surface area contributed by atoms with Gasteiger partial charge in [0.15, 0.2) is 6.61 Å². The van der Waals surface area contributed by atoms with Crippen molar-refractivity contribution in [2.75, 3.05) is 13.7 Å². The van der Waals surface area contributed by atoms with Gasteiger partial charge < -0.3 is 15.0 Å². The van der Waals surface area contributed by atoms with Crippen molar-refractivity contribution in [1.82, 2.24) is 10.2 Å². The van der Waals surface area contributed by atoms with Gasteiger partial charge in [0.1, 0.15) is 11.8 Å². The lowest BCUT2D eigenvalue weighted by molar-refractivity contribution is -0.142. The summed E-state index contributed by atoms with van der Waals surface area (Å²) < 4.78 is 5.86. The van der Waals surface area contributed by atoms with E-state index in [1.807, 2.05) is 64.1 Å². The normalized spacial score (nSPS) is 11.6. The van der Waals surface area contributed by atoms with Gasteiger partial charge in [-0.3, -0.25) is 9.59 Å². The Labute approximate surface area is 167 Å². The van der Waals surface area contributed by atoms with Gasteiger partial charge in [-0.25, -0.2) is 0 Å². The number of carbonyl (C=O) groups excluding carboxylic acids is 2. The number of benzene rings is 2. The van der Waals surface area contributed by atoms with Crippen LogP contribution in [0.3, 0.4) is 0 Å². The molecule has 5 nitrogen and oxygen atoms in total. The van der Waals surface area contributed by atoms with E-state index in [0.717, 1.165) is 22.3 Å². The second kappa shape index (κ2) is 9.93. The number of rotatable bonds is 8. The molecule has 0 spiro atoms. The summed E-state index contributed by atoms with van der Waals surface area (Å²) in [5.74, 6) is 0.325. The maximum atomic E-state index is 13.0. The van der Waals surface area contributed by atoms with Crippen LogP contribution in [0.1, 0.15) is 35.6 Å². The van der Waals surface area contributed by atoms with E-state index in [1.165, 1.54) is 0 Å². The minimum absolute atomic E-state index is 0.107. The van der Waals surface area contributed by atoms with Gasteiger partial charge >= 0.3 is 0 Å². The molecule has 0 aliphatic rings. The number of amides is 2. The van der Waals surface area contributed by atoms with Crippen LogP contribution in [-0.2, 0) is 16.1 Å². The predicted molar refractivity (Wildman–Crippen MR) is 111 cm³/mol. The Bertz CT molecular complexity index is 818. The van der Waals surface area contributed by atoms with Crippen LogP contribution in [0.2, 0.25) is 0 Å². The molecule has 2 aromatic carbocycles. The van der Waals surface area contributed by atoms with Gasteiger partial charge in [-0.15, -0.1) is 0 Å². The molecule has 1 N–H and O–H groups in total. The van der Waals surface area contributed by atoms with E-state index >= 15 is 0 Å². The Morgan fingerprint density at radius 2 is 1.79 bits per heavy atom. The summed E-state index contributed by atoms with van der Waals surface area (Å²) in [7, 11) is 1.59. The monoisotopic (exact) mass is 382 g/mol. The Balaban J connectivity index is 2.22. The van der Waals surface area contributed by atoms with Crippen molar-refractivity contribution < 1.29 is 14.3 Å². The quantitative estimate of drug-likeness (QED) is 0.760. The molecule has 2 amide bonds. The molecule has 2 aromatic rings. The average Bonchev–Trinajstić information content (AvgIpc) is 2.69. The zero-order valence-corrected chi connectivity index (χ0v) is 17.4. The highest BCUT2D eigenvalue weighted by molar-refractivity contribution is 5.88. The van der Waals surface area contributed by atoms with Gasteiger partial charge in [0, 0.05) is 13.6 Å². The molecule has 28 heavy (non-hydrogen) atoms. The predicted octanol–water partition coefficient (Wildman–Crippen LogP) is 3.54. The van der Waals surface area contributed by atoms with Crippen molar-refractivity contribution in [3.63, 3.8) is 0 Å². The van der Waals surface area contributed by atoms with E-state index in [2.05, 4.69) is 11.4 Å². The molecule has 0 aliphatic heterocycles. The SMILES string of the molecule is CCC(C(=O)NC)N(Cc1ccccc1)C(=O)COc1cc(C)cc(C)c1C. The molecule has 0 aromatic heterocycles. The fourth-order valence-corrected chi connectivity index (χ4v) is 3.24. The third-order valence-corrected chi connectivity index (χ3v) is 4.94. The van der Waals surface area contributed by atoms with E-state index in [0.29, 0.717) is 18.7 Å². The molecule has 1 unspecified atom stereocenters. The van der Waals surface area contributed by atoms with E-state index < -0.39 is 6.04 Å². The molecule has 0 fully saturated rings. The lowest BCUT2D eigenvalue weighted by atomic mass is 10.1. The Hall–Kier alpha value is -2.82. The van der Waals surface area contributed by atoms with Crippen molar-refractivity contribution in [2.24, 2.45) is 0 Å². The summed E-state index contributed by atoms with van der Waals surface area (Å²) >= 11 is 0. The summed E-state index contributed by atoms with van der Waals surface area (Å²) in [6, 6.07) is 13.2. The standard InChI is InChI=1S/C23H30N2O3/c1-6-20(23(27)24-5)25(14-19-10-8-7-9-11-19)22(26)15-28-21-13-16(2)12-17(3)18(21)4/h7-13,20H,6,14-15H2,1-5H3,(H,24,27). The fourth-order valence-electron chi connectivity index (χ4n) is 3.24. The maximum absolute atomic E-state index is 13.0. The van der Waals surface area contributed by atoms with Gasteiger partial charge in [-0.1, -0.05) is 43.3 Å². The molecule has 5 heteroatoms. The van der Waals surface area contributed by atoms with Crippen molar-refractivity contribution in [1.29, 1.82) is 0 Å². The first-order valence-corrected chi connectivity index (χ1v) is 9.63. The molecule has 0 saturated carbocycles. The van der Waals surface area contributed by atoms with Gasteiger partial charge in [0.25, 0.3) is 5.91 Å². The highest BCUT2D eigenvalue weighted by Gasteiger charge is 2.28. The van der Waals surface area contributed by atoms with Crippen LogP contribution in [-0.4, -0.2) is 36.4 Å². The van der Waals surface area contributed by atoms with Crippen LogP contribution in [0.4, 0.5) is 0 Å². The fraction of sp³-hybridized carbons (Fsp3) is 0.391. The molecule has 0 saturated heterocycles. The van der Waals surface area contributed by atoms with Crippen LogP contribution in [0.5, 0.6) is 5.75 Å². The zero-order valence-electron chi connectivity index (χ0n) is 17.4. The van der Waals surface area contributed by atoms with E-state index in [-0.39, 0.29) is 18.4 Å². The van der Waals surface area contributed by atoms with Gasteiger partial charge in [-0.05, 0) is 55.5 Å². The average molecular weight is 383 g/mol. The summed E-state index contributed by atoms with van der Waals surface area (Å²) in [5.41, 5.74) is 4.20. The summed E-state index contributed by atoms with van der Waals surface area (Å²) in [6.07, 6.45) is 0.529. The topological polar surface area (TPSA) is 58.6 Å². The Morgan fingerprint density at radius 3 is 2.39 bits per heavy atom. The minimum atomic E-state index is -0.540. The number of hydrogen-bond acceptors (Lipinski definition) is 3. The van der Waals surface area contributed by atoms with Gasteiger partial charge in [0.05, 0.1) is 0 Å². The molecule has 0 heterocycles. The summed E-state index contributed by atoms with van der Waals surface area (Å²) in [6.45, 7) is 8.17. The van der Waals surface area contributed by atoms with Crippen molar-refractivity contribution in [2.45, 2.75) is 46.7 Å². The molecule has 2 rings (SSSR count). The van der Waals surface area contributed by atoms with Crippen LogP contribution in [0.15, 0.2) is 42.5 Å². The van der Waals surface area contributed by atoms with Crippen LogP contribution in [0.25, 0.3) is 0 Å². The molecule has 1 atom stereocenters. The van der Waals surface area contributed by atoms with E-state index in [9.17, 15) is 9.59 Å². The Kier molecular flexibility index (Phi) is 7.61. The maximum Gasteiger partial charge on any atom is 0.261 e. The minimum Gasteiger partial charge on any atom is -0.483 e. The number of hydrogen-bond donors (Lipinski definition) is 1. The van der Waals surface area contributed by atoms with Gasteiger partial charge in [0.2, 0.25) is 5.91 Å². The lowest BCUT2D eigenvalue weighted by Crippen LogP contribution is -2.49. The molecule has 0 radical (unpaired) electrons. The number of nitrogens with one attached hydrogen (secondary N) is 1. The molecule has 150 valence electrons. The largest absolute Gasteiger partial charge is 0.483 e. The first-order valence-electron chi connectivity index (χ1n) is 9.63. The molecular formula is C23H30N2O3. The number of carbonyl (C=O) groups is 2. The Morgan fingerprint density at radius 1 is 1.11 bits per heavy atom. The highest BCUT2D eigenvalue weighted by Crippen LogP contribution is 2.23. The lowest BCUT2D eigenvalue weighted by Gasteiger charge is -2.30. The second-order valence-corrected chi connectivity index (χ2v) is 7.04. The van der Waals surface area contributed by atoms with Crippen LogP contribution in [0, 0.1) is 20.8 Å². The third kappa shape index (κ3) is 5.35. The first kappa shape index (κ1) is 21.5. The number of aryl methyl sites for hydroxylation is 2. The van der Waals surface area contributed by atoms with Crippen LogP contribution >= 0.6 is 0 Å². The van der Waals surface area contributed by atoms with Gasteiger partial charge in [-0.2, -0.15) is 0 Å². The number of ether oxygens (including phenoxy) is 1. The molecular weight excluding hydrogens is 352 g/mol. The van der Waals surface area contributed by atoms with Crippen molar-refractivity contribution in [3.8, 4) is 5.75 Å². The summed E-state index contributed by atoms with van der Waals surface area (Å²) in [4.78, 5) is 27.0. The number of nitrogens with zero attached hydrogens (tertiary/aromatic N) is 1. The van der Waals surface area contributed by atoms with E-state index in [4.69, 9.17) is 4.74 Å².